The third-order valence-electron chi connectivity index (χ3n) is 3.74. The molecule has 0 spiro atoms. The van der Waals surface area contributed by atoms with Crippen LogP contribution in [0.15, 0.2) is 11.4 Å². The summed E-state index contributed by atoms with van der Waals surface area (Å²) >= 11 is 1.28. The number of nitrogens with one attached hydrogen (secondary N) is 1. The SMILES string of the molecule is CN(C)C(=O)CN1CC[C@@H](NC(=O)c2sccc2N)[C@H](O)C1. The van der Waals surface area contributed by atoms with Crippen LogP contribution in [0.3, 0.4) is 0 Å². The molecule has 122 valence electrons. The van der Waals surface area contributed by atoms with Crippen LogP contribution >= 0.6 is 11.3 Å². The smallest absolute Gasteiger partial charge is 0.263 e. The first-order valence-electron chi connectivity index (χ1n) is 7.13. The number of hydrogen-bond donors (Lipinski definition) is 3. The first-order valence-corrected chi connectivity index (χ1v) is 8.01. The monoisotopic (exact) mass is 326 g/mol. The van der Waals surface area contributed by atoms with Crippen molar-refractivity contribution in [2.24, 2.45) is 0 Å². The van der Waals surface area contributed by atoms with Gasteiger partial charge in [0, 0.05) is 27.2 Å². The molecular formula is C14H22N4O3S. The molecule has 0 unspecified atom stereocenters. The lowest BCUT2D eigenvalue weighted by molar-refractivity contribution is -0.130. The van der Waals surface area contributed by atoms with Crippen molar-refractivity contribution in [2.45, 2.75) is 18.6 Å². The number of aliphatic hydroxyl groups is 1. The van der Waals surface area contributed by atoms with Crippen molar-refractivity contribution in [1.82, 2.24) is 15.1 Å². The topological polar surface area (TPSA) is 98.9 Å². The highest BCUT2D eigenvalue weighted by Crippen LogP contribution is 2.20. The average Bonchev–Trinajstić information content (AvgIpc) is 2.88. The number of nitrogens with zero attached hydrogens (tertiary/aromatic N) is 2. The molecule has 8 heteroatoms. The first kappa shape index (κ1) is 16.7. The van der Waals surface area contributed by atoms with E-state index in [2.05, 4.69) is 5.32 Å². The van der Waals surface area contributed by atoms with Gasteiger partial charge >= 0.3 is 0 Å². The number of anilines is 1. The number of aliphatic hydroxyl groups excluding tert-OH is 1. The molecule has 22 heavy (non-hydrogen) atoms. The molecule has 1 saturated heterocycles. The number of nitrogens with two attached hydrogens (primary N) is 1. The molecule has 1 aromatic heterocycles. The maximum Gasteiger partial charge on any atom is 0.263 e. The van der Waals surface area contributed by atoms with Gasteiger partial charge in [-0.05, 0) is 17.9 Å². The fourth-order valence-electron chi connectivity index (χ4n) is 2.38. The van der Waals surface area contributed by atoms with E-state index in [1.165, 1.54) is 16.2 Å². The number of hydrogen-bond acceptors (Lipinski definition) is 6. The van der Waals surface area contributed by atoms with Crippen molar-refractivity contribution in [1.29, 1.82) is 0 Å². The van der Waals surface area contributed by atoms with Crippen LogP contribution in [0.1, 0.15) is 16.1 Å². The van der Waals surface area contributed by atoms with Crippen molar-refractivity contribution in [3.63, 3.8) is 0 Å². The summed E-state index contributed by atoms with van der Waals surface area (Å²) in [5.74, 6) is -0.254. The van der Waals surface area contributed by atoms with Gasteiger partial charge in [0.2, 0.25) is 5.91 Å². The van der Waals surface area contributed by atoms with Crippen molar-refractivity contribution >= 4 is 28.8 Å². The number of rotatable bonds is 4. The number of likely N-dealkylation sites (N-methyl/N-ethyl adjacent to an activating group) is 1. The lowest BCUT2D eigenvalue weighted by atomic mass is 10.0. The summed E-state index contributed by atoms with van der Waals surface area (Å²) in [5.41, 5.74) is 6.17. The number of piperidine rings is 1. The number of carbonyl (C=O) groups excluding carboxylic acids is 2. The molecule has 4 N–H and O–H groups in total. The van der Waals surface area contributed by atoms with E-state index in [0.29, 0.717) is 30.1 Å². The Morgan fingerprint density at radius 2 is 2.27 bits per heavy atom. The minimum atomic E-state index is -0.700. The minimum absolute atomic E-state index is 0.000967. The Bertz CT molecular complexity index is 546. The second kappa shape index (κ2) is 7.08. The van der Waals surface area contributed by atoms with Gasteiger partial charge in [0.05, 0.1) is 24.4 Å². The van der Waals surface area contributed by atoms with Gasteiger partial charge in [0.1, 0.15) is 4.88 Å². The molecule has 0 bridgehead atoms. The Kier molecular flexibility index (Phi) is 5.38. The van der Waals surface area contributed by atoms with Crippen LogP contribution in [0.5, 0.6) is 0 Å². The Hall–Kier alpha value is -1.64. The van der Waals surface area contributed by atoms with Crippen LogP contribution < -0.4 is 11.1 Å². The fraction of sp³-hybridized carbons (Fsp3) is 0.571. The van der Waals surface area contributed by atoms with E-state index in [1.54, 1.807) is 25.5 Å². The van der Waals surface area contributed by atoms with Crippen molar-refractivity contribution in [3.8, 4) is 0 Å². The summed E-state index contributed by atoms with van der Waals surface area (Å²) in [6, 6.07) is 1.37. The van der Waals surface area contributed by atoms with Crippen LogP contribution in [0.2, 0.25) is 0 Å². The molecule has 0 aliphatic carbocycles. The van der Waals surface area contributed by atoms with Crippen LogP contribution in [-0.2, 0) is 4.79 Å². The lowest BCUT2D eigenvalue weighted by Crippen LogP contribution is -2.55. The molecular weight excluding hydrogens is 304 g/mol. The Morgan fingerprint density at radius 1 is 1.55 bits per heavy atom. The van der Waals surface area contributed by atoms with Gasteiger partial charge in [0.15, 0.2) is 0 Å². The molecule has 0 aromatic carbocycles. The third-order valence-corrected chi connectivity index (χ3v) is 4.67. The fourth-order valence-corrected chi connectivity index (χ4v) is 3.10. The summed E-state index contributed by atoms with van der Waals surface area (Å²) in [6.07, 6.45) is -0.104. The van der Waals surface area contributed by atoms with Crippen LogP contribution in [0.4, 0.5) is 5.69 Å². The standard InChI is InChI=1S/C14H22N4O3S/c1-17(2)12(20)8-18-5-3-10(11(19)7-18)16-14(21)13-9(15)4-6-22-13/h4,6,10-11,19H,3,5,7-8,15H2,1-2H3,(H,16,21)/t10-,11-/m1/s1. The number of thiophene rings is 1. The maximum atomic E-state index is 12.1. The molecule has 1 aromatic rings. The number of β-amino-alcohol motifs (C(OH)–C–C–N with tert-alkyl or cyclic N) is 1. The summed E-state index contributed by atoms with van der Waals surface area (Å²) in [4.78, 5) is 27.7. The molecule has 1 aliphatic heterocycles. The van der Waals surface area contributed by atoms with E-state index >= 15 is 0 Å². The van der Waals surface area contributed by atoms with Crippen LogP contribution in [0.25, 0.3) is 0 Å². The quantitative estimate of drug-likeness (QED) is 0.698. The lowest BCUT2D eigenvalue weighted by Gasteiger charge is -2.36. The molecule has 2 heterocycles. The Balaban J connectivity index is 1.87. The minimum Gasteiger partial charge on any atom is -0.397 e. The zero-order valence-electron chi connectivity index (χ0n) is 12.8. The number of carbonyl (C=O) groups is 2. The highest BCUT2D eigenvalue weighted by atomic mass is 32.1. The summed E-state index contributed by atoms with van der Waals surface area (Å²) in [7, 11) is 3.41. The Morgan fingerprint density at radius 3 is 2.82 bits per heavy atom. The predicted octanol–water partition coefficient (Wildman–Crippen LogP) is -0.416. The number of amides is 2. The van der Waals surface area contributed by atoms with E-state index in [-0.39, 0.29) is 24.4 Å². The molecule has 2 rings (SSSR count). The van der Waals surface area contributed by atoms with Gasteiger partial charge in [0.25, 0.3) is 5.91 Å². The molecule has 1 aliphatic rings. The van der Waals surface area contributed by atoms with Gasteiger partial charge in [-0.3, -0.25) is 14.5 Å². The van der Waals surface area contributed by atoms with E-state index in [0.717, 1.165) is 0 Å². The van der Waals surface area contributed by atoms with Gasteiger partial charge in [-0.25, -0.2) is 0 Å². The number of nitrogen functional groups attached to an aromatic ring is 1. The predicted molar refractivity (Wildman–Crippen MR) is 85.7 cm³/mol. The van der Waals surface area contributed by atoms with Crippen LogP contribution in [-0.4, -0.2) is 72.6 Å². The molecule has 0 saturated carbocycles. The van der Waals surface area contributed by atoms with E-state index in [9.17, 15) is 14.7 Å². The van der Waals surface area contributed by atoms with E-state index < -0.39 is 6.10 Å². The molecule has 1 fully saturated rings. The molecule has 7 nitrogen and oxygen atoms in total. The third kappa shape index (κ3) is 3.96. The summed E-state index contributed by atoms with van der Waals surface area (Å²) < 4.78 is 0. The average molecular weight is 326 g/mol. The molecule has 2 atom stereocenters. The van der Waals surface area contributed by atoms with Gasteiger partial charge in [-0.15, -0.1) is 11.3 Å². The van der Waals surface area contributed by atoms with Crippen LogP contribution in [0, 0.1) is 0 Å². The van der Waals surface area contributed by atoms with Gasteiger partial charge in [-0.1, -0.05) is 0 Å². The van der Waals surface area contributed by atoms with Crippen molar-refractivity contribution < 1.29 is 14.7 Å². The number of likely N-dealkylation sites (tertiary alicyclic amines) is 1. The van der Waals surface area contributed by atoms with Crippen molar-refractivity contribution in [3.05, 3.63) is 16.3 Å². The highest BCUT2D eigenvalue weighted by molar-refractivity contribution is 7.12. The molecule has 0 radical (unpaired) electrons. The maximum absolute atomic E-state index is 12.1. The normalized spacial score (nSPS) is 22.3. The van der Waals surface area contributed by atoms with E-state index in [4.69, 9.17) is 5.73 Å². The van der Waals surface area contributed by atoms with E-state index in [1.807, 2.05) is 4.90 Å². The zero-order valence-corrected chi connectivity index (χ0v) is 13.6. The molecule has 2 amide bonds. The van der Waals surface area contributed by atoms with Crippen molar-refractivity contribution in [2.75, 3.05) is 39.5 Å². The zero-order chi connectivity index (χ0) is 16.3. The summed E-state index contributed by atoms with van der Waals surface area (Å²) in [5, 5.41) is 14.8. The Labute approximate surface area is 133 Å². The summed E-state index contributed by atoms with van der Waals surface area (Å²) in [6.45, 7) is 1.30. The second-order valence-electron chi connectivity index (χ2n) is 5.66. The first-order chi connectivity index (χ1) is 10.4. The second-order valence-corrected chi connectivity index (χ2v) is 6.58. The highest BCUT2D eigenvalue weighted by Gasteiger charge is 2.30. The largest absolute Gasteiger partial charge is 0.397 e. The van der Waals surface area contributed by atoms with Gasteiger partial charge < -0.3 is 21.1 Å². The van der Waals surface area contributed by atoms with Gasteiger partial charge in [-0.2, -0.15) is 0 Å².